The minimum absolute atomic E-state index is 0.0813. The molecule has 6 nitrogen and oxygen atoms in total. The Balaban J connectivity index is 1.20. The van der Waals surface area contributed by atoms with Crippen molar-refractivity contribution in [1.82, 2.24) is 9.97 Å². The van der Waals surface area contributed by atoms with Crippen molar-refractivity contribution in [3.8, 4) is 11.8 Å². The summed E-state index contributed by atoms with van der Waals surface area (Å²) in [6.07, 6.45) is 3.86. The lowest BCUT2D eigenvalue weighted by Crippen LogP contribution is -2.39. The zero-order valence-electron chi connectivity index (χ0n) is 16.9. The Labute approximate surface area is 180 Å². The summed E-state index contributed by atoms with van der Waals surface area (Å²) in [5.41, 5.74) is 3.42. The highest BCUT2D eigenvalue weighted by molar-refractivity contribution is 5.83. The number of nitriles is 1. The monoisotopic (exact) mass is 410 g/mol. The number of hydrogen-bond donors (Lipinski definition) is 2. The van der Waals surface area contributed by atoms with Crippen LogP contribution in [0.5, 0.6) is 5.75 Å². The van der Waals surface area contributed by atoms with Crippen LogP contribution >= 0.6 is 0 Å². The maximum absolute atomic E-state index is 9.37. The second-order valence-corrected chi connectivity index (χ2v) is 7.72. The van der Waals surface area contributed by atoms with Crippen LogP contribution in [-0.2, 0) is 11.3 Å². The number of aromatic amines is 1. The smallest absolute Gasteiger partial charge is 0.146 e. The minimum atomic E-state index is 0.0813. The molecule has 1 saturated carbocycles. The summed E-state index contributed by atoms with van der Waals surface area (Å²) < 4.78 is 12.0. The summed E-state index contributed by atoms with van der Waals surface area (Å²) in [7, 11) is 0. The third-order valence-electron chi connectivity index (χ3n) is 5.42. The summed E-state index contributed by atoms with van der Waals surface area (Å²) in [4.78, 5) is 7.55. The van der Waals surface area contributed by atoms with Gasteiger partial charge in [0, 0.05) is 42.4 Å². The zero-order valence-corrected chi connectivity index (χ0v) is 16.9. The fraction of sp³-hybridized carbons (Fsp3) is 0.200. The number of ether oxygens (including phenoxy) is 2. The number of nitrogens with zero attached hydrogens (tertiary/aromatic N) is 2. The molecule has 0 aliphatic heterocycles. The average Bonchev–Trinajstić information content (AvgIpc) is 3.23. The first-order valence-electron chi connectivity index (χ1n) is 10.3. The van der Waals surface area contributed by atoms with Crippen LogP contribution in [-0.4, -0.2) is 22.2 Å². The molecule has 31 heavy (non-hydrogen) atoms. The number of hydrogen-bond acceptors (Lipinski definition) is 5. The van der Waals surface area contributed by atoms with Crippen molar-refractivity contribution in [2.75, 3.05) is 5.32 Å². The van der Waals surface area contributed by atoms with Crippen LogP contribution in [0.15, 0.2) is 72.9 Å². The van der Waals surface area contributed by atoms with E-state index in [1.165, 1.54) is 5.56 Å². The van der Waals surface area contributed by atoms with Crippen molar-refractivity contribution in [3.05, 3.63) is 84.2 Å². The fourth-order valence-corrected chi connectivity index (χ4v) is 3.70. The van der Waals surface area contributed by atoms with Gasteiger partial charge < -0.3 is 19.8 Å². The number of fused-ring (bicyclic) bond motifs is 1. The molecule has 0 atom stereocenters. The van der Waals surface area contributed by atoms with Crippen molar-refractivity contribution in [2.24, 2.45) is 0 Å². The normalized spacial score (nSPS) is 17.6. The van der Waals surface area contributed by atoms with Gasteiger partial charge in [-0.25, -0.2) is 4.98 Å². The van der Waals surface area contributed by atoms with E-state index in [2.05, 4.69) is 33.5 Å². The molecule has 4 aromatic rings. The van der Waals surface area contributed by atoms with Crippen LogP contribution < -0.4 is 10.1 Å². The lowest BCUT2D eigenvalue weighted by Gasteiger charge is -2.35. The quantitative estimate of drug-likeness (QED) is 0.432. The third-order valence-corrected chi connectivity index (χ3v) is 5.42. The molecular weight excluding hydrogens is 388 g/mol. The average molecular weight is 410 g/mol. The van der Waals surface area contributed by atoms with Crippen LogP contribution in [0.2, 0.25) is 0 Å². The highest BCUT2D eigenvalue weighted by Gasteiger charge is 2.32. The predicted molar refractivity (Wildman–Crippen MR) is 119 cm³/mol. The summed E-state index contributed by atoms with van der Waals surface area (Å²) in [6.45, 7) is 0.616. The van der Waals surface area contributed by atoms with Crippen LogP contribution in [0.3, 0.4) is 0 Å². The predicted octanol–water partition coefficient (Wildman–Crippen LogP) is 5.30. The Morgan fingerprint density at radius 3 is 2.74 bits per heavy atom. The molecule has 154 valence electrons. The lowest BCUT2D eigenvalue weighted by molar-refractivity contribution is -0.0683. The first-order chi connectivity index (χ1) is 15.2. The SMILES string of the molecule is N#Cc1cc(OC2CC(OCc3ccccc3)C2)cc(Nc2ccc3cc[nH]c3c2)n1. The van der Waals surface area contributed by atoms with Crippen molar-refractivity contribution >= 4 is 22.4 Å². The van der Waals surface area contributed by atoms with E-state index in [9.17, 15) is 5.26 Å². The van der Waals surface area contributed by atoms with E-state index in [1.54, 1.807) is 6.07 Å². The molecule has 0 spiro atoms. The molecule has 2 aromatic carbocycles. The fourth-order valence-electron chi connectivity index (χ4n) is 3.70. The topological polar surface area (TPSA) is 83.0 Å². The van der Waals surface area contributed by atoms with Crippen LogP contribution in [0, 0.1) is 11.3 Å². The third kappa shape index (κ3) is 4.52. The second kappa shape index (κ2) is 8.50. The number of aromatic nitrogens is 2. The number of nitrogens with one attached hydrogen (secondary N) is 2. The summed E-state index contributed by atoms with van der Waals surface area (Å²) >= 11 is 0. The lowest BCUT2D eigenvalue weighted by atomic mass is 9.92. The van der Waals surface area contributed by atoms with Gasteiger partial charge in [-0.05, 0) is 29.1 Å². The van der Waals surface area contributed by atoms with Crippen molar-refractivity contribution in [2.45, 2.75) is 31.7 Å². The first kappa shape index (κ1) is 19.2. The van der Waals surface area contributed by atoms with E-state index in [4.69, 9.17) is 9.47 Å². The molecule has 2 N–H and O–H groups in total. The van der Waals surface area contributed by atoms with Crippen LogP contribution in [0.25, 0.3) is 10.9 Å². The Hall–Kier alpha value is -3.82. The minimum Gasteiger partial charge on any atom is -0.490 e. The Bertz CT molecular complexity index is 1220. The van der Waals surface area contributed by atoms with Gasteiger partial charge in [0.05, 0.1) is 12.7 Å². The molecular formula is C25H22N4O2. The summed E-state index contributed by atoms with van der Waals surface area (Å²) in [5, 5.41) is 13.8. The molecule has 0 saturated heterocycles. The van der Waals surface area contributed by atoms with Gasteiger partial charge in [-0.1, -0.05) is 36.4 Å². The van der Waals surface area contributed by atoms with E-state index in [1.807, 2.05) is 54.7 Å². The number of benzene rings is 2. The zero-order chi connectivity index (χ0) is 21.0. The van der Waals surface area contributed by atoms with Gasteiger partial charge in [0.25, 0.3) is 0 Å². The highest BCUT2D eigenvalue weighted by atomic mass is 16.5. The Kier molecular flexibility index (Phi) is 5.26. The summed E-state index contributed by atoms with van der Waals surface area (Å²) in [6, 6.07) is 23.8. The Morgan fingerprint density at radius 2 is 1.90 bits per heavy atom. The molecule has 2 heterocycles. The first-order valence-corrected chi connectivity index (χ1v) is 10.3. The molecule has 0 radical (unpaired) electrons. The molecule has 0 unspecified atom stereocenters. The van der Waals surface area contributed by atoms with Crippen LogP contribution in [0.1, 0.15) is 24.1 Å². The maximum atomic E-state index is 9.37. The highest BCUT2D eigenvalue weighted by Crippen LogP contribution is 2.31. The number of H-pyrrole nitrogens is 1. The van der Waals surface area contributed by atoms with Gasteiger partial charge in [0.15, 0.2) is 0 Å². The standard InChI is InChI=1S/C25H22N4O2/c26-15-20-10-22(31-23-12-21(13-23)30-16-17-4-2-1-3-5-17)14-25(29-20)28-19-7-6-18-8-9-27-24(18)11-19/h1-11,14,21,23,27H,12-13,16H2,(H,28,29). The van der Waals surface area contributed by atoms with Gasteiger partial charge >= 0.3 is 0 Å². The van der Waals surface area contributed by atoms with Gasteiger partial charge in [-0.3, -0.25) is 0 Å². The van der Waals surface area contributed by atoms with Crippen LogP contribution in [0.4, 0.5) is 11.5 Å². The van der Waals surface area contributed by atoms with Gasteiger partial charge in [0.1, 0.15) is 29.4 Å². The molecule has 5 rings (SSSR count). The summed E-state index contributed by atoms with van der Waals surface area (Å²) in [5.74, 6) is 1.22. The van der Waals surface area contributed by atoms with E-state index in [0.717, 1.165) is 29.4 Å². The van der Waals surface area contributed by atoms with Crippen molar-refractivity contribution in [3.63, 3.8) is 0 Å². The molecule has 0 amide bonds. The Morgan fingerprint density at radius 1 is 1.03 bits per heavy atom. The number of rotatable bonds is 7. The van der Waals surface area contributed by atoms with E-state index in [-0.39, 0.29) is 12.2 Å². The van der Waals surface area contributed by atoms with E-state index >= 15 is 0 Å². The van der Waals surface area contributed by atoms with Gasteiger partial charge in [-0.2, -0.15) is 5.26 Å². The molecule has 0 bridgehead atoms. The van der Waals surface area contributed by atoms with Gasteiger partial charge in [-0.15, -0.1) is 0 Å². The molecule has 6 heteroatoms. The number of pyridine rings is 1. The van der Waals surface area contributed by atoms with Crippen molar-refractivity contribution < 1.29 is 9.47 Å². The second-order valence-electron chi connectivity index (χ2n) is 7.72. The van der Waals surface area contributed by atoms with E-state index in [0.29, 0.717) is 23.9 Å². The maximum Gasteiger partial charge on any atom is 0.146 e. The molecule has 1 aliphatic rings. The van der Waals surface area contributed by atoms with E-state index < -0.39 is 0 Å². The molecule has 1 aliphatic carbocycles. The van der Waals surface area contributed by atoms with Crippen molar-refractivity contribution in [1.29, 1.82) is 5.26 Å². The largest absolute Gasteiger partial charge is 0.490 e. The molecule has 2 aromatic heterocycles. The molecule has 1 fully saturated rings. The number of anilines is 2. The van der Waals surface area contributed by atoms with Gasteiger partial charge in [0.2, 0.25) is 0 Å².